The van der Waals surface area contributed by atoms with Gasteiger partial charge in [0.2, 0.25) is 12.7 Å². The molecule has 0 spiro atoms. The maximum absolute atomic E-state index is 12.4. The molecule has 0 aliphatic carbocycles. The summed E-state index contributed by atoms with van der Waals surface area (Å²) < 4.78 is 10.6. The summed E-state index contributed by atoms with van der Waals surface area (Å²) >= 11 is 7.46. The van der Waals surface area contributed by atoms with Crippen LogP contribution in [0, 0.1) is 0 Å². The summed E-state index contributed by atoms with van der Waals surface area (Å²) in [7, 11) is 0. The Morgan fingerprint density at radius 2 is 2.00 bits per heavy atom. The number of nitrogens with zero attached hydrogens (tertiary/aromatic N) is 2. The minimum atomic E-state index is -0.215. The van der Waals surface area contributed by atoms with Gasteiger partial charge in [-0.05, 0) is 19.1 Å². The third-order valence-corrected chi connectivity index (χ3v) is 5.16. The molecular formula is C19H17ClN4O3S. The van der Waals surface area contributed by atoms with Crippen LogP contribution in [0.25, 0.3) is 10.9 Å². The Balaban J connectivity index is 1.46. The Bertz CT molecular complexity index is 1050. The highest BCUT2D eigenvalue weighted by Crippen LogP contribution is 2.39. The highest BCUT2D eigenvalue weighted by Gasteiger charge is 2.18. The monoisotopic (exact) mass is 416 g/mol. The summed E-state index contributed by atoms with van der Waals surface area (Å²) in [5.74, 6) is 1.81. The molecule has 2 aromatic carbocycles. The van der Waals surface area contributed by atoms with Gasteiger partial charge in [-0.3, -0.25) is 4.79 Å². The first kappa shape index (κ1) is 18.6. The van der Waals surface area contributed by atoms with Crippen molar-refractivity contribution in [1.29, 1.82) is 0 Å². The number of fused-ring (bicyclic) bond motifs is 2. The van der Waals surface area contributed by atoms with Gasteiger partial charge >= 0.3 is 0 Å². The van der Waals surface area contributed by atoms with Crippen molar-refractivity contribution in [2.45, 2.75) is 12.1 Å². The van der Waals surface area contributed by atoms with Gasteiger partial charge in [-0.2, -0.15) is 0 Å². The standard InChI is InChI=1S/C19H17ClN4O3S/c1-2-21-18-11-5-3-4-6-13(11)23-19(24-18)28-9-17(25)22-14-8-16-15(7-12(14)20)26-10-27-16/h3-8H,2,9-10H2,1H3,(H,22,25)(H,21,23,24). The van der Waals surface area contributed by atoms with E-state index in [9.17, 15) is 4.79 Å². The SMILES string of the molecule is CCNc1nc(SCC(=O)Nc2cc3c(cc2Cl)OCO3)nc2ccccc12. The van der Waals surface area contributed by atoms with Crippen LogP contribution in [0.5, 0.6) is 11.5 Å². The van der Waals surface area contributed by atoms with Gasteiger partial charge in [0.1, 0.15) is 5.82 Å². The smallest absolute Gasteiger partial charge is 0.234 e. The number of para-hydroxylation sites is 1. The summed E-state index contributed by atoms with van der Waals surface area (Å²) in [6.45, 7) is 2.90. The Hall–Kier alpha value is -2.71. The van der Waals surface area contributed by atoms with Crippen molar-refractivity contribution in [2.24, 2.45) is 0 Å². The van der Waals surface area contributed by atoms with E-state index in [4.69, 9.17) is 21.1 Å². The average molecular weight is 417 g/mol. The van der Waals surface area contributed by atoms with E-state index in [0.29, 0.717) is 27.4 Å². The molecule has 9 heteroatoms. The van der Waals surface area contributed by atoms with Crippen molar-refractivity contribution >= 4 is 51.7 Å². The Morgan fingerprint density at radius 3 is 2.82 bits per heavy atom. The predicted octanol–water partition coefficient (Wildman–Crippen LogP) is 4.17. The van der Waals surface area contributed by atoms with Crippen molar-refractivity contribution in [2.75, 3.05) is 29.7 Å². The summed E-state index contributed by atoms with van der Waals surface area (Å²) in [6.07, 6.45) is 0. The number of amides is 1. The number of thioether (sulfide) groups is 1. The van der Waals surface area contributed by atoms with Gasteiger partial charge in [0, 0.05) is 24.1 Å². The number of halogens is 1. The highest BCUT2D eigenvalue weighted by atomic mass is 35.5. The van der Waals surface area contributed by atoms with Gasteiger partial charge in [-0.25, -0.2) is 9.97 Å². The first-order chi connectivity index (χ1) is 13.6. The Morgan fingerprint density at radius 1 is 1.21 bits per heavy atom. The van der Waals surface area contributed by atoms with E-state index in [2.05, 4.69) is 20.6 Å². The largest absolute Gasteiger partial charge is 0.454 e. The van der Waals surface area contributed by atoms with Crippen molar-refractivity contribution in [3.8, 4) is 11.5 Å². The number of aromatic nitrogens is 2. The second-order valence-corrected chi connectivity index (χ2v) is 7.27. The number of hydrogen-bond donors (Lipinski definition) is 2. The van der Waals surface area contributed by atoms with E-state index >= 15 is 0 Å². The lowest BCUT2D eigenvalue weighted by Crippen LogP contribution is -2.14. The van der Waals surface area contributed by atoms with Crippen LogP contribution in [0.15, 0.2) is 41.6 Å². The number of ether oxygens (including phenoxy) is 2. The maximum Gasteiger partial charge on any atom is 0.234 e. The molecule has 4 rings (SSSR count). The normalized spacial score (nSPS) is 12.2. The zero-order chi connectivity index (χ0) is 19.5. The Kier molecular flexibility index (Phi) is 5.40. The van der Waals surface area contributed by atoms with Gasteiger partial charge in [-0.1, -0.05) is 35.5 Å². The highest BCUT2D eigenvalue weighted by molar-refractivity contribution is 7.99. The molecule has 0 atom stereocenters. The fourth-order valence-corrected chi connectivity index (χ4v) is 3.60. The molecule has 1 aromatic heterocycles. The minimum absolute atomic E-state index is 0.145. The molecule has 28 heavy (non-hydrogen) atoms. The van der Waals surface area contributed by atoms with Crippen LogP contribution in [0.1, 0.15) is 6.92 Å². The van der Waals surface area contributed by atoms with Gasteiger partial charge in [0.05, 0.1) is 22.0 Å². The molecule has 7 nitrogen and oxygen atoms in total. The third kappa shape index (κ3) is 3.93. The quantitative estimate of drug-likeness (QED) is 0.460. The van der Waals surface area contributed by atoms with Crippen molar-refractivity contribution < 1.29 is 14.3 Å². The van der Waals surface area contributed by atoms with Crippen LogP contribution in [-0.4, -0.2) is 35.0 Å². The van der Waals surface area contributed by atoms with E-state index in [1.54, 1.807) is 12.1 Å². The van der Waals surface area contributed by atoms with Crippen LogP contribution in [0.4, 0.5) is 11.5 Å². The lowest BCUT2D eigenvalue weighted by Gasteiger charge is -2.10. The van der Waals surface area contributed by atoms with E-state index in [0.717, 1.165) is 23.3 Å². The van der Waals surface area contributed by atoms with Gasteiger partial charge < -0.3 is 20.1 Å². The molecule has 1 aliphatic heterocycles. The predicted molar refractivity (Wildman–Crippen MR) is 111 cm³/mol. The molecule has 2 N–H and O–H groups in total. The van der Waals surface area contributed by atoms with Gasteiger partial charge in [0.25, 0.3) is 0 Å². The number of anilines is 2. The van der Waals surface area contributed by atoms with Gasteiger partial charge in [0.15, 0.2) is 16.7 Å². The van der Waals surface area contributed by atoms with Crippen LogP contribution >= 0.6 is 23.4 Å². The minimum Gasteiger partial charge on any atom is -0.454 e. The number of carbonyl (C=O) groups is 1. The topological polar surface area (TPSA) is 85.4 Å². The molecular weight excluding hydrogens is 400 g/mol. The zero-order valence-electron chi connectivity index (χ0n) is 15.0. The van der Waals surface area contributed by atoms with Crippen LogP contribution in [0.3, 0.4) is 0 Å². The molecule has 0 unspecified atom stereocenters. The van der Waals surface area contributed by atoms with Crippen LogP contribution in [-0.2, 0) is 4.79 Å². The summed E-state index contributed by atoms with van der Waals surface area (Å²) in [5, 5.41) is 7.90. The molecule has 3 aromatic rings. The number of nitrogens with one attached hydrogen (secondary N) is 2. The van der Waals surface area contributed by atoms with Crippen molar-refractivity contribution in [3.63, 3.8) is 0 Å². The maximum atomic E-state index is 12.4. The fraction of sp³-hybridized carbons (Fsp3) is 0.211. The van der Waals surface area contributed by atoms with Gasteiger partial charge in [-0.15, -0.1) is 0 Å². The third-order valence-electron chi connectivity index (χ3n) is 4.00. The number of carbonyl (C=O) groups excluding carboxylic acids is 1. The lowest BCUT2D eigenvalue weighted by molar-refractivity contribution is -0.113. The summed E-state index contributed by atoms with van der Waals surface area (Å²) in [5.41, 5.74) is 1.31. The summed E-state index contributed by atoms with van der Waals surface area (Å²) in [4.78, 5) is 21.4. The molecule has 0 saturated carbocycles. The molecule has 144 valence electrons. The molecule has 0 radical (unpaired) electrons. The molecule has 0 bridgehead atoms. The van der Waals surface area contributed by atoms with E-state index in [1.165, 1.54) is 11.8 Å². The zero-order valence-corrected chi connectivity index (χ0v) is 16.6. The van der Waals surface area contributed by atoms with E-state index in [1.807, 2.05) is 31.2 Å². The van der Waals surface area contributed by atoms with E-state index < -0.39 is 0 Å². The first-order valence-corrected chi connectivity index (χ1v) is 10.0. The molecule has 1 aliphatic rings. The molecule has 1 amide bonds. The first-order valence-electron chi connectivity index (χ1n) is 8.66. The molecule has 2 heterocycles. The number of benzene rings is 2. The van der Waals surface area contributed by atoms with Crippen molar-refractivity contribution in [3.05, 3.63) is 41.4 Å². The lowest BCUT2D eigenvalue weighted by atomic mass is 10.2. The fourth-order valence-electron chi connectivity index (χ4n) is 2.75. The molecule has 0 saturated heterocycles. The average Bonchev–Trinajstić information content (AvgIpc) is 3.14. The summed E-state index contributed by atoms with van der Waals surface area (Å²) in [6, 6.07) is 11.0. The van der Waals surface area contributed by atoms with Crippen molar-refractivity contribution in [1.82, 2.24) is 9.97 Å². The second kappa shape index (κ2) is 8.12. The second-order valence-electron chi connectivity index (χ2n) is 5.92. The number of hydrogen-bond acceptors (Lipinski definition) is 7. The van der Waals surface area contributed by atoms with Crippen LogP contribution < -0.4 is 20.1 Å². The number of rotatable bonds is 6. The van der Waals surface area contributed by atoms with E-state index in [-0.39, 0.29) is 18.5 Å². The Labute approximate surface area is 170 Å². The molecule has 0 fully saturated rings. The van der Waals surface area contributed by atoms with Crippen LogP contribution in [0.2, 0.25) is 5.02 Å².